The number of amides is 1. The number of nitrogens with zero attached hydrogens (tertiary/aromatic N) is 3. The molecule has 6 heteroatoms. The number of imidazole rings is 1. The van der Waals surface area contributed by atoms with E-state index in [4.69, 9.17) is 4.98 Å². The maximum absolute atomic E-state index is 12.6. The zero-order valence-electron chi connectivity index (χ0n) is 18.8. The molecular weight excluding hydrogens is 428 g/mol. The van der Waals surface area contributed by atoms with Gasteiger partial charge in [-0.25, -0.2) is 9.97 Å². The molecule has 2 aromatic carbocycles. The highest BCUT2D eigenvalue weighted by Gasteiger charge is 2.18. The SMILES string of the molecule is Cc1cccc(CSc2nc3cccnc3n2Cc2ccc(C(=O)NC3CCCC3)cc2)c1. The smallest absolute Gasteiger partial charge is 0.251 e. The van der Waals surface area contributed by atoms with E-state index in [1.165, 1.54) is 24.0 Å². The minimum absolute atomic E-state index is 0.0256. The van der Waals surface area contributed by atoms with Gasteiger partial charge in [-0.1, -0.05) is 66.6 Å². The van der Waals surface area contributed by atoms with Crippen molar-refractivity contribution in [3.05, 3.63) is 89.1 Å². The zero-order chi connectivity index (χ0) is 22.6. The number of benzene rings is 2. The molecule has 1 aliphatic carbocycles. The highest BCUT2D eigenvalue weighted by Crippen LogP contribution is 2.27. The lowest BCUT2D eigenvalue weighted by Crippen LogP contribution is -2.32. The molecule has 1 amide bonds. The number of hydrogen-bond acceptors (Lipinski definition) is 4. The summed E-state index contributed by atoms with van der Waals surface area (Å²) in [5.41, 5.74) is 6.16. The number of nitrogens with one attached hydrogen (secondary N) is 1. The highest BCUT2D eigenvalue weighted by atomic mass is 32.2. The van der Waals surface area contributed by atoms with Gasteiger partial charge < -0.3 is 5.32 Å². The monoisotopic (exact) mass is 456 g/mol. The third-order valence-corrected chi connectivity index (χ3v) is 7.21. The van der Waals surface area contributed by atoms with E-state index in [0.717, 1.165) is 40.5 Å². The topological polar surface area (TPSA) is 59.8 Å². The Morgan fingerprint density at radius 3 is 2.67 bits per heavy atom. The van der Waals surface area contributed by atoms with Crippen LogP contribution < -0.4 is 5.32 Å². The number of hydrogen-bond donors (Lipinski definition) is 1. The number of aromatic nitrogens is 3. The van der Waals surface area contributed by atoms with E-state index in [0.29, 0.717) is 18.2 Å². The summed E-state index contributed by atoms with van der Waals surface area (Å²) in [6.45, 7) is 2.78. The molecule has 0 spiro atoms. The normalized spacial score (nSPS) is 14.1. The van der Waals surface area contributed by atoms with Gasteiger partial charge in [-0.2, -0.15) is 0 Å². The lowest BCUT2D eigenvalue weighted by Gasteiger charge is -2.12. The van der Waals surface area contributed by atoms with E-state index >= 15 is 0 Å². The Morgan fingerprint density at radius 2 is 1.88 bits per heavy atom. The zero-order valence-corrected chi connectivity index (χ0v) is 19.6. The molecule has 0 aliphatic heterocycles. The molecule has 4 aromatic rings. The largest absolute Gasteiger partial charge is 0.349 e. The van der Waals surface area contributed by atoms with Gasteiger partial charge in [0.15, 0.2) is 10.8 Å². The van der Waals surface area contributed by atoms with Crippen LogP contribution in [0, 0.1) is 6.92 Å². The van der Waals surface area contributed by atoms with Crippen LogP contribution in [0.2, 0.25) is 0 Å². The van der Waals surface area contributed by atoms with Crippen molar-refractivity contribution in [1.29, 1.82) is 0 Å². The quantitative estimate of drug-likeness (QED) is 0.360. The Morgan fingerprint density at radius 1 is 1.06 bits per heavy atom. The summed E-state index contributed by atoms with van der Waals surface area (Å²) in [6.07, 6.45) is 6.41. The maximum atomic E-state index is 12.6. The van der Waals surface area contributed by atoms with Gasteiger partial charge in [-0.15, -0.1) is 0 Å². The molecule has 0 bridgehead atoms. The Bertz CT molecular complexity index is 1260. The first-order valence-electron chi connectivity index (χ1n) is 11.5. The van der Waals surface area contributed by atoms with Crippen LogP contribution in [0.4, 0.5) is 0 Å². The second kappa shape index (κ2) is 9.79. The minimum Gasteiger partial charge on any atom is -0.349 e. The molecule has 2 heterocycles. The third kappa shape index (κ3) is 5.11. The van der Waals surface area contributed by atoms with Crippen LogP contribution in [-0.2, 0) is 12.3 Å². The van der Waals surface area contributed by atoms with Crippen LogP contribution in [0.1, 0.15) is 52.7 Å². The number of carbonyl (C=O) groups excluding carboxylic acids is 1. The van der Waals surface area contributed by atoms with Gasteiger partial charge in [0, 0.05) is 23.6 Å². The standard InChI is InChI=1S/C27H28N4OS/c1-19-6-4-7-21(16-19)18-33-27-30-24-10-5-15-28-25(24)31(27)17-20-11-13-22(14-12-20)26(32)29-23-8-2-3-9-23/h4-7,10-16,23H,2-3,8-9,17-18H2,1H3,(H,29,32). The van der Waals surface area contributed by atoms with Crippen LogP contribution in [0.15, 0.2) is 72.0 Å². The summed E-state index contributed by atoms with van der Waals surface area (Å²) >= 11 is 1.73. The molecule has 1 fully saturated rings. The third-order valence-electron chi connectivity index (χ3n) is 6.17. The van der Waals surface area contributed by atoms with Crippen molar-refractivity contribution < 1.29 is 4.79 Å². The summed E-state index contributed by atoms with van der Waals surface area (Å²) in [5.74, 6) is 0.878. The van der Waals surface area contributed by atoms with E-state index in [-0.39, 0.29) is 5.91 Å². The molecule has 1 aliphatic rings. The number of aryl methyl sites for hydroxylation is 1. The van der Waals surface area contributed by atoms with Crippen molar-refractivity contribution in [2.24, 2.45) is 0 Å². The molecule has 2 aromatic heterocycles. The molecule has 0 saturated heterocycles. The molecule has 1 N–H and O–H groups in total. The summed E-state index contributed by atoms with van der Waals surface area (Å²) in [7, 11) is 0. The fraction of sp³-hybridized carbons (Fsp3) is 0.296. The summed E-state index contributed by atoms with van der Waals surface area (Å²) < 4.78 is 2.17. The van der Waals surface area contributed by atoms with Crippen molar-refractivity contribution in [3.63, 3.8) is 0 Å². The van der Waals surface area contributed by atoms with E-state index in [9.17, 15) is 4.79 Å². The molecule has 0 atom stereocenters. The molecule has 1 saturated carbocycles. The van der Waals surface area contributed by atoms with Crippen LogP contribution in [0.5, 0.6) is 0 Å². The summed E-state index contributed by atoms with van der Waals surface area (Å²) in [5, 5.41) is 4.11. The molecule has 0 unspecified atom stereocenters. The lowest BCUT2D eigenvalue weighted by molar-refractivity contribution is 0.0938. The predicted molar refractivity (Wildman–Crippen MR) is 134 cm³/mol. The molecule has 33 heavy (non-hydrogen) atoms. The second-order valence-electron chi connectivity index (χ2n) is 8.76. The number of carbonyl (C=O) groups is 1. The summed E-state index contributed by atoms with van der Waals surface area (Å²) in [6, 6.07) is 20.8. The predicted octanol–water partition coefficient (Wildman–Crippen LogP) is 5.75. The second-order valence-corrected chi connectivity index (χ2v) is 9.70. The Labute approximate surface area is 198 Å². The van der Waals surface area contributed by atoms with Crippen molar-refractivity contribution in [1.82, 2.24) is 19.9 Å². The van der Waals surface area contributed by atoms with E-state index in [1.54, 1.807) is 11.8 Å². The summed E-state index contributed by atoms with van der Waals surface area (Å²) in [4.78, 5) is 22.0. The Kier molecular flexibility index (Phi) is 6.44. The average molecular weight is 457 g/mol. The van der Waals surface area contributed by atoms with E-state index in [2.05, 4.69) is 46.1 Å². The Hall–Kier alpha value is -3.12. The highest BCUT2D eigenvalue weighted by molar-refractivity contribution is 7.98. The van der Waals surface area contributed by atoms with Gasteiger partial charge >= 0.3 is 0 Å². The number of pyridine rings is 1. The van der Waals surface area contributed by atoms with Crippen molar-refractivity contribution in [2.45, 2.75) is 56.1 Å². The van der Waals surface area contributed by atoms with Crippen LogP contribution in [-0.4, -0.2) is 26.5 Å². The number of fused-ring (bicyclic) bond motifs is 1. The fourth-order valence-electron chi connectivity index (χ4n) is 4.42. The van der Waals surface area contributed by atoms with Gasteiger partial charge in [0.1, 0.15) is 5.52 Å². The average Bonchev–Trinajstić information content (AvgIpc) is 3.46. The van der Waals surface area contributed by atoms with Gasteiger partial charge in [0.25, 0.3) is 5.91 Å². The van der Waals surface area contributed by atoms with Crippen molar-refractivity contribution in [2.75, 3.05) is 0 Å². The van der Waals surface area contributed by atoms with Gasteiger partial charge in [0.05, 0.1) is 6.54 Å². The molecule has 0 radical (unpaired) electrons. The van der Waals surface area contributed by atoms with Crippen molar-refractivity contribution in [3.8, 4) is 0 Å². The Balaban J connectivity index is 1.34. The first kappa shape index (κ1) is 21.7. The fourth-order valence-corrected chi connectivity index (χ4v) is 5.37. The minimum atomic E-state index is 0.0256. The van der Waals surface area contributed by atoms with E-state index in [1.807, 2.05) is 42.6 Å². The lowest BCUT2D eigenvalue weighted by atomic mass is 10.1. The van der Waals surface area contributed by atoms with Gasteiger partial charge in [-0.05, 0) is 55.2 Å². The first-order chi connectivity index (χ1) is 16.2. The number of rotatable bonds is 7. The van der Waals surface area contributed by atoms with Crippen molar-refractivity contribution >= 4 is 28.8 Å². The van der Waals surface area contributed by atoms with Gasteiger partial charge in [0.2, 0.25) is 0 Å². The first-order valence-corrected chi connectivity index (χ1v) is 12.5. The molecule has 5 rings (SSSR count). The van der Waals surface area contributed by atoms with Crippen LogP contribution in [0.25, 0.3) is 11.2 Å². The van der Waals surface area contributed by atoms with Gasteiger partial charge in [-0.3, -0.25) is 9.36 Å². The molecule has 168 valence electrons. The molecule has 5 nitrogen and oxygen atoms in total. The maximum Gasteiger partial charge on any atom is 0.251 e. The van der Waals surface area contributed by atoms with Crippen LogP contribution in [0.3, 0.4) is 0 Å². The number of thioether (sulfide) groups is 1. The van der Waals surface area contributed by atoms with Crippen LogP contribution >= 0.6 is 11.8 Å². The van der Waals surface area contributed by atoms with E-state index < -0.39 is 0 Å². The molecular formula is C27H28N4OS.